The van der Waals surface area contributed by atoms with E-state index in [2.05, 4.69) is 20.3 Å². The predicted molar refractivity (Wildman–Crippen MR) is 127 cm³/mol. The van der Waals surface area contributed by atoms with E-state index in [1.54, 1.807) is 0 Å². The van der Waals surface area contributed by atoms with Crippen molar-refractivity contribution in [1.29, 1.82) is 0 Å². The number of nitrogens with two attached hydrogens (primary N) is 1. The van der Waals surface area contributed by atoms with Gasteiger partial charge in [-0.15, -0.1) is 0 Å². The number of hydrogen-bond acceptors (Lipinski definition) is 7. The van der Waals surface area contributed by atoms with Gasteiger partial charge in [0.15, 0.2) is 5.82 Å². The van der Waals surface area contributed by atoms with Crippen molar-refractivity contribution in [2.45, 2.75) is 64.3 Å². The first-order chi connectivity index (χ1) is 15.5. The number of aliphatic hydroxyl groups is 1. The molecule has 1 aliphatic rings. The van der Waals surface area contributed by atoms with Gasteiger partial charge in [0.2, 0.25) is 5.95 Å². The van der Waals surface area contributed by atoms with E-state index < -0.39 is 17.5 Å². The summed E-state index contributed by atoms with van der Waals surface area (Å²) in [6, 6.07) is 3.05. The Hall–Kier alpha value is -2.33. The Labute approximate surface area is 197 Å². The Morgan fingerprint density at radius 2 is 2.12 bits per heavy atom. The molecule has 0 spiro atoms. The lowest BCUT2D eigenvalue weighted by atomic mass is 10.0. The molecule has 1 saturated heterocycles. The van der Waals surface area contributed by atoms with Gasteiger partial charge in [-0.05, 0) is 46.2 Å². The number of aromatic nitrogens is 4. The third-order valence-electron chi connectivity index (χ3n) is 5.61. The lowest BCUT2D eigenvalue weighted by molar-refractivity contribution is -0.0136. The summed E-state index contributed by atoms with van der Waals surface area (Å²) < 4.78 is 22.5. The minimum absolute atomic E-state index is 0.0510. The third kappa shape index (κ3) is 5.11. The molecule has 33 heavy (non-hydrogen) atoms. The molecule has 1 aliphatic heterocycles. The van der Waals surface area contributed by atoms with E-state index in [1.165, 1.54) is 12.3 Å². The number of aliphatic hydroxyl groups excluding tert-OH is 1. The predicted octanol–water partition coefficient (Wildman–Crippen LogP) is 3.71. The number of ether oxygens (including phenoxy) is 1. The third-order valence-corrected chi connectivity index (χ3v) is 5.89. The summed E-state index contributed by atoms with van der Waals surface area (Å²) in [4.78, 5) is 13.3. The molecule has 0 bridgehead atoms. The Bertz CT molecular complexity index is 1160. The number of nitrogens with one attached hydrogen (secondary N) is 1. The van der Waals surface area contributed by atoms with E-state index in [1.807, 2.05) is 38.3 Å². The second kappa shape index (κ2) is 9.13. The maximum absolute atomic E-state index is 15.2. The van der Waals surface area contributed by atoms with E-state index in [4.69, 9.17) is 22.1 Å². The van der Waals surface area contributed by atoms with E-state index in [9.17, 15) is 5.11 Å². The van der Waals surface area contributed by atoms with Crippen LogP contribution in [0.3, 0.4) is 0 Å². The first-order valence-corrected chi connectivity index (χ1v) is 11.5. The molecule has 1 aromatic carbocycles. The number of imidazole rings is 1. The highest BCUT2D eigenvalue weighted by atomic mass is 35.5. The fraction of sp³-hybridized carbons (Fsp3) is 0.522. The standard InChI is InChI=1S/C23H30ClFN6O2/c1-12(2)31-17-8-13(7-15(25)21(17)29-19(31)9-23(3,4)26)20-14(24)10-27-22(30-20)28-16-5-6-33-11-18(16)32/h7-8,10,12,16,18,32H,5-6,9,11,26H2,1-4H3,(H,27,28,30)/t16-,18-/m1/s1. The molecule has 0 saturated carbocycles. The molecule has 2 aromatic heterocycles. The number of halogens is 2. The van der Waals surface area contributed by atoms with Crippen LogP contribution in [-0.2, 0) is 11.2 Å². The van der Waals surface area contributed by atoms with Gasteiger partial charge in [0.05, 0.1) is 41.2 Å². The van der Waals surface area contributed by atoms with Crippen LogP contribution in [0.4, 0.5) is 10.3 Å². The van der Waals surface area contributed by atoms with Crippen LogP contribution in [0.1, 0.15) is 46.0 Å². The molecule has 0 unspecified atom stereocenters. The lowest BCUT2D eigenvalue weighted by Crippen LogP contribution is -2.42. The fourth-order valence-corrected chi connectivity index (χ4v) is 4.34. The summed E-state index contributed by atoms with van der Waals surface area (Å²) in [6.07, 6.45) is 1.93. The van der Waals surface area contributed by atoms with Gasteiger partial charge in [-0.2, -0.15) is 0 Å². The van der Waals surface area contributed by atoms with Gasteiger partial charge in [-0.1, -0.05) is 11.6 Å². The van der Waals surface area contributed by atoms with Gasteiger partial charge in [0.25, 0.3) is 0 Å². The van der Waals surface area contributed by atoms with Crippen LogP contribution in [-0.4, -0.2) is 55.5 Å². The highest BCUT2D eigenvalue weighted by molar-refractivity contribution is 6.33. The number of nitrogens with zero attached hydrogens (tertiary/aromatic N) is 4. The van der Waals surface area contributed by atoms with Crippen LogP contribution in [0.15, 0.2) is 18.3 Å². The zero-order valence-corrected chi connectivity index (χ0v) is 20.0. The van der Waals surface area contributed by atoms with Gasteiger partial charge < -0.3 is 25.5 Å². The van der Waals surface area contributed by atoms with E-state index in [-0.39, 0.29) is 18.7 Å². The van der Waals surface area contributed by atoms with Gasteiger partial charge in [0.1, 0.15) is 11.3 Å². The van der Waals surface area contributed by atoms with Crippen molar-refractivity contribution in [1.82, 2.24) is 19.5 Å². The minimum atomic E-state index is -0.666. The van der Waals surface area contributed by atoms with E-state index >= 15 is 4.39 Å². The molecule has 0 amide bonds. The smallest absolute Gasteiger partial charge is 0.223 e. The monoisotopic (exact) mass is 476 g/mol. The van der Waals surface area contributed by atoms with Crippen molar-refractivity contribution >= 4 is 28.6 Å². The molecule has 0 radical (unpaired) electrons. The van der Waals surface area contributed by atoms with Crippen LogP contribution < -0.4 is 11.1 Å². The highest BCUT2D eigenvalue weighted by Gasteiger charge is 2.25. The molecule has 3 aromatic rings. The topological polar surface area (TPSA) is 111 Å². The molecule has 178 valence electrons. The van der Waals surface area contributed by atoms with Crippen LogP contribution >= 0.6 is 11.6 Å². The van der Waals surface area contributed by atoms with Crippen molar-refractivity contribution < 1.29 is 14.2 Å². The average Bonchev–Trinajstić information content (AvgIpc) is 3.08. The van der Waals surface area contributed by atoms with Gasteiger partial charge in [-0.3, -0.25) is 0 Å². The normalized spacial score (nSPS) is 19.4. The van der Waals surface area contributed by atoms with Gasteiger partial charge >= 0.3 is 0 Å². The number of hydrogen-bond donors (Lipinski definition) is 3. The van der Waals surface area contributed by atoms with Crippen molar-refractivity contribution in [3.8, 4) is 11.3 Å². The largest absolute Gasteiger partial charge is 0.389 e. The summed E-state index contributed by atoms with van der Waals surface area (Å²) in [6.45, 7) is 8.68. The summed E-state index contributed by atoms with van der Waals surface area (Å²) in [5.74, 6) is 0.582. The summed E-state index contributed by atoms with van der Waals surface area (Å²) in [5, 5.41) is 13.6. The molecule has 8 nitrogen and oxygen atoms in total. The fourth-order valence-electron chi connectivity index (χ4n) is 4.14. The summed E-state index contributed by atoms with van der Waals surface area (Å²) in [5.41, 5.74) is 7.60. The van der Waals surface area contributed by atoms with Gasteiger partial charge in [0, 0.05) is 30.2 Å². The molecule has 10 heteroatoms. The number of benzene rings is 1. The molecule has 0 aliphatic carbocycles. The van der Waals surface area contributed by atoms with Crippen molar-refractivity contribution in [3.05, 3.63) is 35.0 Å². The second-order valence-corrected chi connectivity index (χ2v) is 9.96. The lowest BCUT2D eigenvalue weighted by Gasteiger charge is -2.28. The van der Waals surface area contributed by atoms with E-state index in [0.29, 0.717) is 52.7 Å². The van der Waals surface area contributed by atoms with Crippen molar-refractivity contribution in [3.63, 3.8) is 0 Å². The van der Waals surface area contributed by atoms with Gasteiger partial charge in [-0.25, -0.2) is 19.3 Å². The van der Waals surface area contributed by atoms with E-state index in [0.717, 1.165) is 5.82 Å². The van der Waals surface area contributed by atoms with Crippen LogP contribution in [0.5, 0.6) is 0 Å². The van der Waals surface area contributed by atoms with Crippen LogP contribution in [0, 0.1) is 5.82 Å². The first-order valence-electron chi connectivity index (χ1n) is 11.1. The molecule has 2 atom stereocenters. The Balaban J connectivity index is 1.77. The highest BCUT2D eigenvalue weighted by Crippen LogP contribution is 2.33. The zero-order valence-electron chi connectivity index (χ0n) is 19.3. The first kappa shape index (κ1) is 23.8. The Kier molecular flexibility index (Phi) is 6.59. The number of anilines is 1. The summed E-state index contributed by atoms with van der Waals surface area (Å²) >= 11 is 6.42. The summed E-state index contributed by atoms with van der Waals surface area (Å²) in [7, 11) is 0. The molecule has 3 heterocycles. The van der Waals surface area contributed by atoms with Crippen molar-refractivity contribution in [2.75, 3.05) is 18.5 Å². The molecule has 4 rings (SSSR count). The molecular formula is C23H30ClFN6O2. The molecule has 1 fully saturated rings. The maximum Gasteiger partial charge on any atom is 0.223 e. The minimum Gasteiger partial charge on any atom is -0.389 e. The quantitative estimate of drug-likeness (QED) is 0.497. The van der Waals surface area contributed by atoms with Crippen LogP contribution in [0.25, 0.3) is 22.3 Å². The Morgan fingerprint density at radius 1 is 1.36 bits per heavy atom. The Morgan fingerprint density at radius 3 is 2.79 bits per heavy atom. The maximum atomic E-state index is 15.2. The number of fused-ring (bicyclic) bond motifs is 1. The van der Waals surface area contributed by atoms with Crippen LogP contribution in [0.2, 0.25) is 5.02 Å². The zero-order chi connectivity index (χ0) is 23.9. The number of rotatable bonds is 6. The molecule has 4 N–H and O–H groups in total. The van der Waals surface area contributed by atoms with Crippen molar-refractivity contribution in [2.24, 2.45) is 5.73 Å². The molecular weight excluding hydrogens is 447 g/mol. The second-order valence-electron chi connectivity index (χ2n) is 9.55. The SMILES string of the molecule is CC(C)n1c(CC(C)(C)N)nc2c(F)cc(-c3nc(N[C@@H]4CCOC[C@H]4O)ncc3Cl)cc21. The average molecular weight is 477 g/mol.